The molecule has 2 aromatic rings. The maximum atomic E-state index is 12.5. The summed E-state index contributed by atoms with van der Waals surface area (Å²) in [4.78, 5) is 24.4. The number of benzene rings is 2. The first-order valence-corrected chi connectivity index (χ1v) is 10.4. The van der Waals surface area contributed by atoms with E-state index in [1.54, 1.807) is 25.8 Å². The highest BCUT2D eigenvalue weighted by atomic mass is 32.2. The highest BCUT2D eigenvalue weighted by Gasteiger charge is 2.20. The molecule has 1 unspecified atom stereocenters. The molecule has 150 valence electrons. The number of rotatable bonds is 10. The second kappa shape index (κ2) is 11.4. The Morgan fingerprint density at radius 1 is 1.14 bits per heavy atom. The average molecular weight is 402 g/mol. The van der Waals surface area contributed by atoms with E-state index in [1.165, 1.54) is 11.1 Å². The van der Waals surface area contributed by atoms with E-state index in [1.807, 2.05) is 30.3 Å². The molecule has 0 bridgehead atoms. The van der Waals surface area contributed by atoms with Gasteiger partial charge in [0.15, 0.2) is 0 Å². The molecule has 2 aromatic carbocycles. The molecule has 0 aromatic heterocycles. The second-order valence-corrected chi connectivity index (χ2v) is 7.37. The Labute approximate surface area is 170 Å². The first-order valence-electron chi connectivity index (χ1n) is 9.24. The molecule has 0 radical (unpaired) electrons. The van der Waals surface area contributed by atoms with E-state index in [-0.39, 0.29) is 18.3 Å². The van der Waals surface area contributed by atoms with Crippen molar-refractivity contribution in [2.45, 2.75) is 32.1 Å². The number of ether oxygens (including phenoxy) is 2. The van der Waals surface area contributed by atoms with Crippen LogP contribution in [-0.2, 0) is 20.1 Å². The van der Waals surface area contributed by atoms with Gasteiger partial charge in [-0.1, -0.05) is 42.0 Å². The number of aryl methyl sites for hydroxylation is 1. The third kappa shape index (κ3) is 7.27. The van der Waals surface area contributed by atoms with Crippen LogP contribution in [0.15, 0.2) is 48.5 Å². The van der Waals surface area contributed by atoms with Crippen LogP contribution in [-0.4, -0.2) is 31.3 Å². The van der Waals surface area contributed by atoms with Crippen LogP contribution in [0.3, 0.4) is 0 Å². The van der Waals surface area contributed by atoms with Gasteiger partial charge in [-0.05, 0) is 37.1 Å². The molecule has 0 saturated heterocycles. The summed E-state index contributed by atoms with van der Waals surface area (Å²) in [5.74, 6) is 1.29. The van der Waals surface area contributed by atoms with E-state index in [2.05, 4.69) is 30.4 Å². The van der Waals surface area contributed by atoms with Crippen LogP contribution in [0, 0.1) is 6.92 Å². The predicted octanol–water partition coefficient (Wildman–Crippen LogP) is 4.05. The fourth-order valence-electron chi connectivity index (χ4n) is 2.80. The van der Waals surface area contributed by atoms with Gasteiger partial charge in [-0.3, -0.25) is 9.59 Å². The van der Waals surface area contributed by atoms with Gasteiger partial charge in [-0.15, -0.1) is 11.8 Å². The van der Waals surface area contributed by atoms with Crippen LogP contribution in [0.25, 0.3) is 0 Å². The van der Waals surface area contributed by atoms with Gasteiger partial charge >= 0.3 is 5.97 Å². The fraction of sp³-hybridized carbons (Fsp3) is 0.364. The predicted molar refractivity (Wildman–Crippen MR) is 112 cm³/mol. The molecular weight excluding hydrogens is 374 g/mol. The Kier molecular flexibility index (Phi) is 8.88. The molecule has 5 nitrogen and oxygen atoms in total. The lowest BCUT2D eigenvalue weighted by atomic mass is 10.0. The minimum absolute atomic E-state index is 0.0787. The van der Waals surface area contributed by atoms with Gasteiger partial charge in [0.05, 0.1) is 31.9 Å². The van der Waals surface area contributed by atoms with Gasteiger partial charge in [0.2, 0.25) is 5.91 Å². The van der Waals surface area contributed by atoms with Crippen molar-refractivity contribution in [3.8, 4) is 5.75 Å². The zero-order chi connectivity index (χ0) is 20.4. The molecule has 0 saturated carbocycles. The first kappa shape index (κ1) is 21.8. The van der Waals surface area contributed by atoms with E-state index in [4.69, 9.17) is 9.47 Å². The van der Waals surface area contributed by atoms with Crippen molar-refractivity contribution >= 4 is 23.6 Å². The lowest BCUT2D eigenvalue weighted by molar-refractivity contribution is -0.143. The summed E-state index contributed by atoms with van der Waals surface area (Å²) >= 11 is 1.54. The van der Waals surface area contributed by atoms with E-state index >= 15 is 0 Å². The van der Waals surface area contributed by atoms with Crippen LogP contribution in [0.4, 0.5) is 0 Å². The van der Waals surface area contributed by atoms with Gasteiger partial charge in [0.25, 0.3) is 0 Å². The number of nitrogens with one attached hydrogen (secondary N) is 1. The van der Waals surface area contributed by atoms with Crippen LogP contribution in [0.1, 0.15) is 36.1 Å². The molecule has 1 atom stereocenters. The van der Waals surface area contributed by atoms with Gasteiger partial charge in [-0.2, -0.15) is 0 Å². The van der Waals surface area contributed by atoms with Gasteiger partial charge < -0.3 is 14.8 Å². The number of thioether (sulfide) groups is 1. The summed E-state index contributed by atoms with van der Waals surface area (Å²) in [6.45, 7) is 4.12. The largest absolute Gasteiger partial charge is 0.497 e. The normalized spacial score (nSPS) is 11.5. The fourth-order valence-corrected chi connectivity index (χ4v) is 3.58. The zero-order valence-corrected chi connectivity index (χ0v) is 17.4. The second-order valence-electron chi connectivity index (χ2n) is 6.39. The Morgan fingerprint density at radius 2 is 1.93 bits per heavy atom. The quantitative estimate of drug-likeness (QED) is 0.609. The van der Waals surface area contributed by atoms with Crippen molar-refractivity contribution in [3.63, 3.8) is 0 Å². The molecular formula is C22H27NO4S. The molecule has 1 amide bonds. The SMILES string of the molecule is CCOC(=O)CC(NC(=O)CSCc1cccc(C)c1)c1cccc(OC)c1. The smallest absolute Gasteiger partial charge is 0.308 e. The van der Waals surface area contributed by atoms with Crippen LogP contribution < -0.4 is 10.1 Å². The Bertz CT molecular complexity index is 794. The van der Waals surface area contributed by atoms with E-state index in [0.717, 1.165) is 11.3 Å². The number of hydrogen-bond acceptors (Lipinski definition) is 5. The number of methoxy groups -OCH3 is 1. The maximum Gasteiger partial charge on any atom is 0.308 e. The molecule has 0 aliphatic rings. The maximum absolute atomic E-state index is 12.5. The Morgan fingerprint density at radius 3 is 2.64 bits per heavy atom. The molecule has 0 aliphatic heterocycles. The third-order valence-electron chi connectivity index (χ3n) is 4.09. The monoisotopic (exact) mass is 401 g/mol. The summed E-state index contributed by atoms with van der Waals surface area (Å²) in [6, 6.07) is 15.1. The van der Waals surface area contributed by atoms with Crippen molar-refractivity contribution < 1.29 is 19.1 Å². The molecule has 0 aliphatic carbocycles. The molecule has 0 heterocycles. The van der Waals surface area contributed by atoms with Crippen LogP contribution in [0.2, 0.25) is 0 Å². The summed E-state index contributed by atoms with van der Waals surface area (Å²) in [6.07, 6.45) is 0.0787. The minimum Gasteiger partial charge on any atom is -0.497 e. The van der Waals surface area contributed by atoms with Crippen molar-refractivity contribution in [1.29, 1.82) is 0 Å². The number of esters is 1. The summed E-state index contributed by atoms with van der Waals surface area (Å²) < 4.78 is 10.3. The van der Waals surface area contributed by atoms with E-state index in [9.17, 15) is 9.59 Å². The molecule has 1 N–H and O–H groups in total. The number of carbonyl (C=O) groups excluding carboxylic acids is 2. The van der Waals surface area contributed by atoms with Crippen molar-refractivity contribution in [1.82, 2.24) is 5.32 Å². The van der Waals surface area contributed by atoms with Gasteiger partial charge in [0.1, 0.15) is 5.75 Å². The standard InChI is InChI=1S/C22H27NO4S/c1-4-27-22(25)13-20(18-9-6-10-19(12-18)26-3)23-21(24)15-28-14-17-8-5-7-16(2)11-17/h5-12,20H,4,13-15H2,1-3H3,(H,23,24). The van der Waals surface area contributed by atoms with Gasteiger partial charge in [0, 0.05) is 5.75 Å². The lowest BCUT2D eigenvalue weighted by Crippen LogP contribution is -2.32. The van der Waals surface area contributed by atoms with Crippen molar-refractivity contribution in [3.05, 3.63) is 65.2 Å². The third-order valence-corrected chi connectivity index (χ3v) is 5.10. The van der Waals surface area contributed by atoms with Crippen molar-refractivity contribution in [2.24, 2.45) is 0 Å². The molecule has 0 spiro atoms. The first-order chi connectivity index (χ1) is 13.5. The zero-order valence-electron chi connectivity index (χ0n) is 16.6. The topological polar surface area (TPSA) is 64.6 Å². The lowest BCUT2D eigenvalue weighted by Gasteiger charge is -2.19. The Balaban J connectivity index is 1.97. The molecule has 6 heteroatoms. The summed E-state index contributed by atoms with van der Waals surface area (Å²) in [5.41, 5.74) is 3.20. The Hall–Kier alpha value is -2.47. The molecule has 0 fully saturated rings. The van der Waals surface area contributed by atoms with E-state index in [0.29, 0.717) is 18.1 Å². The van der Waals surface area contributed by atoms with E-state index < -0.39 is 6.04 Å². The molecule has 28 heavy (non-hydrogen) atoms. The van der Waals surface area contributed by atoms with Crippen molar-refractivity contribution in [2.75, 3.05) is 19.5 Å². The molecule has 2 rings (SSSR count). The minimum atomic E-state index is -0.457. The highest BCUT2D eigenvalue weighted by Crippen LogP contribution is 2.23. The highest BCUT2D eigenvalue weighted by molar-refractivity contribution is 7.99. The average Bonchev–Trinajstić information content (AvgIpc) is 2.68. The van der Waals surface area contributed by atoms with Crippen LogP contribution >= 0.6 is 11.8 Å². The summed E-state index contributed by atoms with van der Waals surface area (Å²) in [7, 11) is 1.58. The van der Waals surface area contributed by atoms with Gasteiger partial charge in [-0.25, -0.2) is 0 Å². The summed E-state index contributed by atoms with van der Waals surface area (Å²) in [5, 5.41) is 2.96. The van der Waals surface area contributed by atoms with Crippen LogP contribution in [0.5, 0.6) is 5.75 Å². The number of carbonyl (C=O) groups is 2. The number of hydrogen-bond donors (Lipinski definition) is 1. The number of amides is 1.